The van der Waals surface area contributed by atoms with Crippen LogP contribution in [0.5, 0.6) is 0 Å². The number of unbranched alkanes of at least 4 members (excludes halogenated alkanes) is 16. The van der Waals surface area contributed by atoms with Gasteiger partial charge in [0.05, 0.1) is 0 Å². The SMILES string of the molecule is CC\C=C/C=C\C=C/C=C\C=C\C=C/CCCCCC(=O)OCC(COC(=O)CCCCCCCCCCCCCCCC)OC(=O)CC/C=C\C/C=C\C/C=C\C/C=C\C/C=C\CC. The van der Waals surface area contributed by atoms with Crippen molar-refractivity contribution in [2.45, 2.75) is 207 Å². The van der Waals surface area contributed by atoms with E-state index in [9.17, 15) is 14.4 Å². The summed E-state index contributed by atoms with van der Waals surface area (Å²) in [4.78, 5) is 38.0. The van der Waals surface area contributed by atoms with Crippen molar-refractivity contribution in [2.24, 2.45) is 0 Å². The van der Waals surface area contributed by atoms with E-state index < -0.39 is 12.1 Å². The van der Waals surface area contributed by atoms with Crippen LogP contribution in [0.2, 0.25) is 0 Å². The molecule has 0 amide bonds. The van der Waals surface area contributed by atoms with Crippen molar-refractivity contribution in [3.8, 4) is 0 Å². The Balaban J connectivity index is 4.61. The quantitative estimate of drug-likeness (QED) is 0.0199. The molecular weight excluding hydrogens is 805 g/mol. The largest absolute Gasteiger partial charge is 0.462 e. The predicted octanol–water partition coefficient (Wildman–Crippen LogP) is 17.1. The molecule has 0 saturated carbocycles. The molecule has 1 unspecified atom stereocenters. The number of ether oxygens (including phenoxy) is 3. The number of hydrogen-bond donors (Lipinski definition) is 0. The Bertz CT molecular complexity index is 1450. The molecule has 0 rings (SSSR count). The van der Waals surface area contributed by atoms with E-state index in [-0.39, 0.29) is 38.0 Å². The fraction of sp³-hybridized carbons (Fsp3) is 0.576. The van der Waals surface area contributed by atoms with Gasteiger partial charge in [0.25, 0.3) is 0 Å². The second-order valence-corrected chi connectivity index (χ2v) is 16.5. The summed E-state index contributed by atoms with van der Waals surface area (Å²) in [6.07, 6.45) is 73.0. The third-order valence-corrected chi connectivity index (χ3v) is 10.3. The third-order valence-electron chi connectivity index (χ3n) is 10.3. The maximum absolute atomic E-state index is 12.8. The van der Waals surface area contributed by atoms with E-state index in [2.05, 4.69) is 81.5 Å². The van der Waals surface area contributed by atoms with Crippen LogP contribution in [0.15, 0.2) is 134 Å². The summed E-state index contributed by atoms with van der Waals surface area (Å²) in [7, 11) is 0. The molecule has 0 aromatic rings. The number of carbonyl (C=O) groups is 3. The van der Waals surface area contributed by atoms with Gasteiger partial charge in [-0.2, -0.15) is 0 Å². The van der Waals surface area contributed by atoms with Gasteiger partial charge < -0.3 is 14.2 Å². The average Bonchev–Trinajstić information content (AvgIpc) is 3.30. The van der Waals surface area contributed by atoms with Crippen molar-refractivity contribution < 1.29 is 28.6 Å². The van der Waals surface area contributed by atoms with Crippen LogP contribution in [0.4, 0.5) is 0 Å². The molecule has 364 valence electrons. The lowest BCUT2D eigenvalue weighted by molar-refractivity contribution is -0.166. The Morgan fingerprint density at radius 2 is 0.708 bits per heavy atom. The van der Waals surface area contributed by atoms with E-state index >= 15 is 0 Å². The van der Waals surface area contributed by atoms with Crippen molar-refractivity contribution in [3.05, 3.63) is 134 Å². The highest BCUT2D eigenvalue weighted by Crippen LogP contribution is 2.14. The van der Waals surface area contributed by atoms with Crippen molar-refractivity contribution in [1.29, 1.82) is 0 Å². The molecule has 0 aromatic carbocycles. The normalized spacial score (nSPS) is 13.2. The van der Waals surface area contributed by atoms with Crippen molar-refractivity contribution >= 4 is 17.9 Å². The highest BCUT2D eigenvalue weighted by molar-refractivity contribution is 5.71. The molecule has 0 spiro atoms. The molecule has 0 radical (unpaired) electrons. The smallest absolute Gasteiger partial charge is 0.306 e. The van der Waals surface area contributed by atoms with Crippen LogP contribution >= 0.6 is 0 Å². The number of carbonyl (C=O) groups excluding carboxylic acids is 3. The molecule has 0 saturated heterocycles. The summed E-state index contributed by atoms with van der Waals surface area (Å²) in [6.45, 7) is 6.26. The number of hydrogen-bond acceptors (Lipinski definition) is 6. The van der Waals surface area contributed by atoms with Crippen LogP contribution in [0, 0.1) is 0 Å². The number of rotatable bonds is 44. The monoisotopic (exact) mass is 897 g/mol. The summed E-state index contributed by atoms with van der Waals surface area (Å²) >= 11 is 0. The number of esters is 3. The lowest BCUT2D eigenvalue weighted by Crippen LogP contribution is -2.30. The van der Waals surface area contributed by atoms with E-state index in [0.717, 1.165) is 77.0 Å². The van der Waals surface area contributed by atoms with Gasteiger partial charge in [0.1, 0.15) is 13.2 Å². The van der Waals surface area contributed by atoms with E-state index in [1.54, 1.807) is 0 Å². The van der Waals surface area contributed by atoms with E-state index in [4.69, 9.17) is 14.2 Å². The van der Waals surface area contributed by atoms with Crippen molar-refractivity contribution in [2.75, 3.05) is 13.2 Å². The van der Waals surface area contributed by atoms with Crippen LogP contribution in [-0.4, -0.2) is 37.2 Å². The van der Waals surface area contributed by atoms with E-state index in [0.29, 0.717) is 19.3 Å². The predicted molar refractivity (Wildman–Crippen MR) is 279 cm³/mol. The van der Waals surface area contributed by atoms with Crippen molar-refractivity contribution in [1.82, 2.24) is 0 Å². The second-order valence-electron chi connectivity index (χ2n) is 16.5. The van der Waals surface area contributed by atoms with Crippen LogP contribution in [0.1, 0.15) is 201 Å². The first-order valence-electron chi connectivity index (χ1n) is 25.8. The van der Waals surface area contributed by atoms with Gasteiger partial charge in [-0.3, -0.25) is 14.4 Å². The first-order chi connectivity index (χ1) is 32.0. The van der Waals surface area contributed by atoms with Gasteiger partial charge >= 0.3 is 17.9 Å². The zero-order valence-corrected chi connectivity index (χ0v) is 41.4. The van der Waals surface area contributed by atoms with Crippen LogP contribution < -0.4 is 0 Å². The minimum absolute atomic E-state index is 0.125. The molecule has 1 atom stereocenters. The third kappa shape index (κ3) is 50.4. The average molecular weight is 897 g/mol. The summed E-state index contributed by atoms with van der Waals surface area (Å²) < 4.78 is 16.7. The van der Waals surface area contributed by atoms with Gasteiger partial charge in [-0.05, 0) is 70.6 Å². The summed E-state index contributed by atoms with van der Waals surface area (Å²) in [5.41, 5.74) is 0. The molecular formula is C59H92O6. The molecule has 0 aliphatic carbocycles. The Labute approximate surface area is 398 Å². The molecule has 0 aromatic heterocycles. The lowest BCUT2D eigenvalue weighted by Gasteiger charge is -2.18. The van der Waals surface area contributed by atoms with Gasteiger partial charge in [0.2, 0.25) is 0 Å². The molecule has 65 heavy (non-hydrogen) atoms. The second kappa shape index (κ2) is 52.2. The molecule has 0 N–H and O–H groups in total. The maximum atomic E-state index is 12.8. The minimum Gasteiger partial charge on any atom is -0.462 e. The van der Waals surface area contributed by atoms with Gasteiger partial charge in [-0.15, -0.1) is 0 Å². The molecule has 0 aliphatic rings. The Morgan fingerprint density at radius 1 is 0.338 bits per heavy atom. The molecule has 6 nitrogen and oxygen atoms in total. The highest BCUT2D eigenvalue weighted by atomic mass is 16.6. The zero-order chi connectivity index (χ0) is 47.2. The topological polar surface area (TPSA) is 78.9 Å². The standard InChI is InChI=1S/C59H92O6/c1-4-7-10-13-16-19-22-25-28-30-32-34-37-40-43-46-49-52-58(61)64-55-56(54-63-57(60)51-48-45-42-39-36-33-27-24-21-18-15-12-9-6-3)65-59(62)53-50-47-44-41-38-35-31-29-26-23-20-17-14-11-8-5-2/h7-8,10-11,13,16-17,19-20,22,25-26,28-30,32,34-35,37-38,44,47,56H,4-6,9,12,14-15,18,21,23-24,27,31,33,36,39-43,45-46,48-55H2,1-3H3/b10-7-,11-8-,16-13-,20-17-,22-19-,28-25-,29-26-,32-30+,37-34-,38-35-,47-44-. The fourth-order valence-electron chi connectivity index (χ4n) is 6.52. The van der Waals surface area contributed by atoms with Crippen LogP contribution in [0.25, 0.3) is 0 Å². The molecule has 0 heterocycles. The fourth-order valence-corrected chi connectivity index (χ4v) is 6.52. The summed E-state index contributed by atoms with van der Waals surface area (Å²) in [5.74, 6) is -1.06. The number of allylic oxidation sites excluding steroid dienone is 22. The highest BCUT2D eigenvalue weighted by Gasteiger charge is 2.19. The summed E-state index contributed by atoms with van der Waals surface area (Å²) in [5, 5.41) is 0. The van der Waals surface area contributed by atoms with E-state index in [1.807, 2.05) is 72.9 Å². The lowest BCUT2D eigenvalue weighted by atomic mass is 10.0. The molecule has 0 fully saturated rings. The summed E-state index contributed by atoms with van der Waals surface area (Å²) in [6, 6.07) is 0. The Kier molecular flexibility index (Phi) is 48.6. The Morgan fingerprint density at radius 3 is 1.15 bits per heavy atom. The first kappa shape index (κ1) is 60.5. The minimum atomic E-state index is -0.839. The maximum Gasteiger partial charge on any atom is 0.306 e. The van der Waals surface area contributed by atoms with Gasteiger partial charge in [0, 0.05) is 19.3 Å². The van der Waals surface area contributed by atoms with Crippen LogP contribution in [0.3, 0.4) is 0 Å². The Hall–Kier alpha value is -4.45. The first-order valence-corrected chi connectivity index (χ1v) is 25.8. The van der Waals surface area contributed by atoms with Gasteiger partial charge in [0.15, 0.2) is 6.10 Å². The van der Waals surface area contributed by atoms with Gasteiger partial charge in [-0.1, -0.05) is 244 Å². The molecule has 0 bridgehead atoms. The van der Waals surface area contributed by atoms with Crippen LogP contribution in [-0.2, 0) is 28.6 Å². The zero-order valence-electron chi connectivity index (χ0n) is 41.4. The molecule has 0 aliphatic heterocycles. The van der Waals surface area contributed by atoms with E-state index in [1.165, 1.54) is 70.6 Å². The van der Waals surface area contributed by atoms with Crippen molar-refractivity contribution in [3.63, 3.8) is 0 Å². The molecule has 6 heteroatoms. The van der Waals surface area contributed by atoms with Gasteiger partial charge in [-0.25, -0.2) is 0 Å².